The molecule has 20 heavy (non-hydrogen) atoms. The Labute approximate surface area is 135 Å². The molecule has 3 nitrogen and oxygen atoms in total. The third-order valence-corrected chi connectivity index (χ3v) is 4.76. The Balaban J connectivity index is 0.00000200. The third kappa shape index (κ3) is 4.55. The van der Waals surface area contributed by atoms with Gasteiger partial charge >= 0.3 is 0 Å². The summed E-state index contributed by atoms with van der Waals surface area (Å²) in [5.41, 5.74) is 5.65. The Morgan fingerprint density at radius 2 is 2.15 bits per heavy atom. The lowest BCUT2D eigenvalue weighted by Crippen LogP contribution is -2.35. The lowest BCUT2D eigenvalue weighted by atomic mass is 10.1. The summed E-state index contributed by atoms with van der Waals surface area (Å²) in [6.45, 7) is 4.27. The summed E-state index contributed by atoms with van der Waals surface area (Å²) in [7, 11) is 0. The highest BCUT2D eigenvalue weighted by Gasteiger charge is 2.28. The number of nitrogens with two attached hydrogens (primary N) is 1. The molecular formula is C14H20Cl2N2OS. The summed E-state index contributed by atoms with van der Waals surface area (Å²) >= 11 is 7.43. The van der Waals surface area contributed by atoms with Crippen LogP contribution in [0.5, 0.6) is 0 Å². The maximum Gasteiger partial charge on any atom is 0.235 e. The molecule has 0 spiro atoms. The maximum absolute atomic E-state index is 12.3. The molecule has 1 amide bonds. The normalized spacial score (nSPS) is 19.6. The van der Waals surface area contributed by atoms with Gasteiger partial charge in [0, 0.05) is 23.0 Å². The molecular weight excluding hydrogens is 315 g/mol. The van der Waals surface area contributed by atoms with E-state index in [2.05, 4.69) is 0 Å². The average Bonchev–Trinajstić information content (AvgIpc) is 2.89. The van der Waals surface area contributed by atoms with Crippen molar-refractivity contribution in [2.75, 3.05) is 19.6 Å². The number of nitrogens with zero attached hydrogens (tertiary/aromatic N) is 1. The summed E-state index contributed by atoms with van der Waals surface area (Å²) in [5.74, 6) is 0.674. The highest BCUT2D eigenvalue weighted by Crippen LogP contribution is 2.27. The third-order valence-electron chi connectivity index (χ3n) is 3.41. The van der Waals surface area contributed by atoms with Crippen LogP contribution in [0.2, 0.25) is 5.02 Å². The standard InChI is InChI=1S/C14H19ClN2OS.ClH/c1-10(19-13-4-2-12(15)3-5-13)14(18)17-7-6-11(8-16)9-17;/h2-5,10-11H,6-9,16H2,1H3;1H. The SMILES string of the molecule is CC(Sc1ccc(Cl)cc1)C(=O)N1CCC(CN)C1.Cl. The molecule has 0 aliphatic carbocycles. The minimum Gasteiger partial charge on any atom is -0.341 e. The number of hydrogen-bond acceptors (Lipinski definition) is 3. The van der Waals surface area contributed by atoms with E-state index in [0.29, 0.717) is 17.5 Å². The molecule has 0 radical (unpaired) electrons. The van der Waals surface area contributed by atoms with Crippen LogP contribution >= 0.6 is 35.8 Å². The molecule has 1 heterocycles. The Hall–Kier alpha value is -0.420. The monoisotopic (exact) mass is 334 g/mol. The predicted octanol–water partition coefficient (Wildman–Crippen LogP) is 3.05. The minimum absolute atomic E-state index is 0. The van der Waals surface area contributed by atoms with Crippen LogP contribution in [0.3, 0.4) is 0 Å². The first-order chi connectivity index (χ1) is 9.10. The second-order valence-electron chi connectivity index (χ2n) is 4.89. The van der Waals surface area contributed by atoms with Gasteiger partial charge in [-0.3, -0.25) is 4.79 Å². The van der Waals surface area contributed by atoms with Crippen LogP contribution in [0.25, 0.3) is 0 Å². The van der Waals surface area contributed by atoms with Gasteiger partial charge in [0.05, 0.1) is 5.25 Å². The van der Waals surface area contributed by atoms with Crippen LogP contribution in [-0.2, 0) is 4.79 Å². The molecule has 1 saturated heterocycles. The molecule has 0 bridgehead atoms. The molecule has 1 aromatic carbocycles. The molecule has 1 aliphatic rings. The van der Waals surface area contributed by atoms with Crippen molar-refractivity contribution in [1.29, 1.82) is 0 Å². The fourth-order valence-electron chi connectivity index (χ4n) is 2.25. The van der Waals surface area contributed by atoms with E-state index in [1.54, 1.807) is 11.8 Å². The number of carbonyl (C=O) groups is 1. The van der Waals surface area contributed by atoms with Crippen molar-refractivity contribution in [3.8, 4) is 0 Å². The Morgan fingerprint density at radius 3 is 2.70 bits per heavy atom. The number of likely N-dealkylation sites (tertiary alicyclic amines) is 1. The molecule has 0 saturated carbocycles. The van der Waals surface area contributed by atoms with Crippen LogP contribution in [0.15, 0.2) is 29.2 Å². The highest BCUT2D eigenvalue weighted by atomic mass is 35.5. The Morgan fingerprint density at radius 1 is 1.50 bits per heavy atom. The van der Waals surface area contributed by atoms with Gasteiger partial charge in [-0.15, -0.1) is 24.2 Å². The fourth-order valence-corrected chi connectivity index (χ4v) is 3.33. The van der Waals surface area contributed by atoms with E-state index in [1.165, 1.54) is 0 Å². The van der Waals surface area contributed by atoms with Crippen LogP contribution in [0.1, 0.15) is 13.3 Å². The summed E-state index contributed by atoms with van der Waals surface area (Å²) in [6, 6.07) is 7.59. The number of carbonyl (C=O) groups excluding carboxylic acids is 1. The van der Waals surface area contributed by atoms with Gasteiger partial charge in [-0.25, -0.2) is 0 Å². The summed E-state index contributed by atoms with van der Waals surface area (Å²) in [5, 5.41) is 0.645. The molecule has 2 N–H and O–H groups in total. The van der Waals surface area contributed by atoms with E-state index in [-0.39, 0.29) is 23.6 Å². The molecule has 2 atom stereocenters. The van der Waals surface area contributed by atoms with Crippen molar-refractivity contribution in [2.24, 2.45) is 11.7 Å². The number of thioether (sulfide) groups is 1. The number of hydrogen-bond donors (Lipinski definition) is 1. The van der Waals surface area contributed by atoms with E-state index in [0.717, 1.165) is 24.4 Å². The number of amides is 1. The molecule has 6 heteroatoms. The van der Waals surface area contributed by atoms with Crippen LogP contribution in [-0.4, -0.2) is 35.7 Å². The topological polar surface area (TPSA) is 46.3 Å². The molecule has 112 valence electrons. The largest absolute Gasteiger partial charge is 0.341 e. The molecule has 2 rings (SSSR count). The smallest absolute Gasteiger partial charge is 0.235 e. The molecule has 1 aliphatic heterocycles. The van der Waals surface area contributed by atoms with Gasteiger partial charge < -0.3 is 10.6 Å². The molecule has 1 aromatic rings. The lowest BCUT2D eigenvalue weighted by molar-refractivity contribution is -0.129. The van der Waals surface area contributed by atoms with Gasteiger partial charge in [-0.2, -0.15) is 0 Å². The van der Waals surface area contributed by atoms with Gasteiger partial charge in [0.1, 0.15) is 0 Å². The van der Waals surface area contributed by atoms with Crippen molar-refractivity contribution >= 4 is 41.7 Å². The second kappa shape index (κ2) is 8.13. The fraction of sp³-hybridized carbons (Fsp3) is 0.500. The Kier molecular flexibility index (Phi) is 7.17. The minimum atomic E-state index is -0.0716. The van der Waals surface area contributed by atoms with E-state index in [4.69, 9.17) is 17.3 Å². The molecule has 2 unspecified atom stereocenters. The van der Waals surface area contributed by atoms with Gasteiger partial charge in [-0.05, 0) is 50.1 Å². The highest BCUT2D eigenvalue weighted by molar-refractivity contribution is 8.00. The molecule has 0 aromatic heterocycles. The summed E-state index contributed by atoms with van der Waals surface area (Å²) in [4.78, 5) is 15.3. The first kappa shape index (κ1) is 17.6. The van der Waals surface area contributed by atoms with Crippen molar-refractivity contribution in [2.45, 2.75) is 23.5 Å². The van der Waals surface area contributed by atoms with Crippen molar-refractivity contribution < 1.29 is 4.79 Å². The maximum atomic E-state index is 12.3. The van der Waals surface area contributed by atoms with Crippen molar-refractivity contribution in [3.63, 3.8) is 0 Å². The number of halogens is 2. The van der Waals surface area contributed by atoms with E-state index >= 15 is 0 Å². The molecule has 1 fully saturated rings. The number of rotatable bonds is 4. The zero-order valence-electron chi connectivity index (χ0n) is 11.4. The average molecular weight is 335 g/mol. The van der Waals surface area contributed by atoms with E-state index in [1.807, 2.05) is 36.1 Å². The Bertz CT molecular complexity index is 441. The summed E-state index contributed by atoms with van der Waals surface area (Å²) in [6.07, 6.45) is 1.03. The van der Waals surface area contributed by atoms with Gasteiger partial charge in [-0.1, -0.05) is 11.6 Å². The predicted molar refractivity (Wildman–Crippen MR) is 87.8 cm³/mol. The zero-order chi connectivity index (χ0) is 13.8. The number of benzene rings is 1. The van der Waals surface area contributed by atoms with Gasteiger partial charge in [0.15, 0.2) is 0 Å². The van der Waals surface area contributed by atoms with Crippen molar-refractivity contribution in [1.82, 2.24) is 4.90 Å². The van der Waals surface area contributed by atoms with E-state index < -0.39 is 0 Å². The van der Waals surface area contributed by atoms with Crippen LogP contribution in [0.4, 0.5) is 0 Å². The second-order valence-corrected chi connectivity index (χ2v) is 6.74. The first-order valence-electron chi connectivity index (χ1n) is 6.51. The zero-order valence-corrected chi connectivity index (χ0v) is 13.8. The first-order valence-corrected chi connectivity index (χ1v) is 7.77. The van der Waals surface area contributed by atoms with Crippen LogP contribution < -0.4 is 5.73 Å². The van der Waals surface area contributed by atoms with Crippen LogP contribution in [0, 0.1) is 5.92 Å². The van der Waals surface area contributed by atoms with E-state index in [9.17, 15) is 4.79 Å². The van der Waals surface area contributed by atoms with Gasteiger partial charge in [0.2, 0.25) is 5.91 Å². The quantitative estimate of drug-likeness (QED) is 0.861. The van der Waals surface area contributed by atoms with Gasteiger partial charge in [0.25, 0.3) is 0 Å². The lowest BCUT2D eigenvalue weighted by Gasteiger charge is -2.20. The summed E-state index contributed by atoms with van der Waals surface area (Å²) < 4.78 is 0. The van der Waals surface area contributed by atoms with Crippen molar-refractivity contribution in [3.05, 3.63) is 29.3 Å².